The molecule has 0 aromatic heterocycles. The highest BCUT2D eigenvalue weighted by Gasteiger charge is 2.44. The molecule has 10 atom stereocenters. The summed E-state index contributed by atoms with van der Waals surface area (Å²) in [6.45, 7) is -1.02. The van der Waals surface area contributed by atoms with Crippen molar-refractivity contribution >= 4 is 11.4 Å². The van der Waals surface area contributed by atoms with E-state index in [9.17, 15) is 40.9 Å². The van der Waals surface area contributed by atoms with Crippen molar-refractivity contribution in [2.24, 2.45) is 0 Å². The molecular formula is C24H32N2O10. The second kappa shape index (κ2) is 11.4. The molecule has 0 unspecified atom stereocenters. The number of anilines is 2. The first-order valence-electron chi connectivity index (χ1n) is 11.6. The Labute approximate surface area is 207 Å². The predicted octanol–water partition coefficient (Wildman–Crippen LogP) is -2.22. The van der Waals surface area contributed by atoms with E-state index in [4.69, 9.17) is 9.47 Å². The van der Waals surface area contributed by atoms with Crippen LogP contribution in [0.5, 0.6) is 0 Å². The summed E-state index contributed by atoms with van der Waals surface area (Å²) in [5.41, 5.74) is 2.91. The van der Waals surface area contributed by atoms with Gasteiger partial charge in [0, 0.05) is 11.4 Å². The number of aliphatic hydroxyl groups is 8. The molecule has 10 N–H and O–H groups in total. The molecule has 2 heterocycles. The molecule has 0 bridgehead atoms. The van der Waals surface area contributed by atoms with Gasteiger partial charge in [-0.2, -0.15) is 0 Å². The van der Waals surface area contributed by atoms with Crippen molar-refractivity contribution in [3.05, 3.63) is 48.5 Å². The van der Waals surface area contributed by atoms with Crippen LogP contribution in [-0.2, 0) is 9.47 Å². The Hall–Kier alpha value is -2.36. The summed E-state index contributed by atoms with van der Waals surface area (Å²) in [5.74, 6) is 0. The molecular weight excluding hydrogens is 476 g/mol. The standard InChI is InChI=1S/C24H32N2O10/c27-9-15-17(29)19(31)21(33)23(35-15)25-13-5-1-11(2-6-13)12-3-7-14(8-4-12)26-24-22(34)20(32)18(30)16(10-28)36-24/h1-8,15-34H,9-10H2/t15-,16-,17-,18-,19+,20+,21+,22+,23+,24+/m1/s1. The molecule has 2 aromatic carbocycles. The van der Waals surface area contributed by atoms with E-state index in [0.717, 1.165) is 11.1 Å². The Balaban J connectivity index is 1.38. The number of benzene rings is 2. The van der Waals surface area contributed by atoms with Crippen molar-refractivity contribution in [2.75, 3.05) is 23.8 Å². The summed E-state index contributed by atoms with van der Waals surface area (Å²) in [6, 6.07) is 14.3. The van der Waals surface area contributed by atoms with Crippen LogP contribution in [0, 0.1) is 0 Å². The van der Waals surface area contributed by atoms with Gasteiger partial charge in [-0.3, -0.25) is 0 Å². The maximum absolute atomic E-state index is 10.2. The van der Waals surface area contributed by atoms with E-state index in [2.05, 4.69) is 10.6 Å². The predicted molar refractivity (Wildman–Crippen MR) is 127 cm³/mol. The van der Waals surface area contributed by atoms with Crippen LogP contribution in [0.25, 0.3) is 11.1 Å². The minimum Gasteiger partial charge on any atom is -0.394 e. The molecule has 0 radical (unpaired) electrons. The third-order valence-corrected chi connectivity index (χ3v) is 6.51. The fourth-order valence-electron chi connectivity index (χ4n) is 4.29. The molecule has 2 aromatic rings. The van der Waals surface area contributed by atoms with Crippen molar-refractivity contribution in [3.8, 4) is 11.1 Å². The lowest BCUT2D eigenvalue weighted by Crippen LogP contribution is -2.60. The van der Waals surface area contributed by atoms with E-state index >= 15 is 0 Å². The maximum Gasteiger partial charge on any atom is 0.157 e. The molecule has 12 heteroatoms. The minimum atomic E-state index is -1.47. The zero-order valence-corrected chi connectivity index (χ0v) is 19.2. The molecule has 0 spiro atoms. The van der Waals surface area contributed by atoms with Gasteiger partial charge in [-0.05, 0) is 35.4 Å². The van der Waals surface area contributed by atoms with Crippen LogP contribution in [0.15, 0.2) is 48.5 Å². The van der Waals surface area contributed by atoms with Gasteiger partial charge in [0.1, 0.15) is 48.8 Å². The highest BCUT2D eigenvalue weighted by molar-refractivity contribution is 5.68. The Morgan fingerprint density at radius 2 is 0.833 bits per heavy atom. The Kier molecular flexibility index (Phi) is 8.42. The van der Waals surface area contributed by atoms with Crippen molar-refractivity contribution in [1.82, 2.24) is 0 Å². The van der Waals surface area contributed by atoms with E-state index in [1.165, 1.54) is 0 Å². The van der Waals surface area contributed by atoms with Crippen molar-refractivity contribution in [3.63, 3.8) is 0 Å². The molecule has 2 fully saturated rings. The van der Waals surface area contributed by atoms with Gasteiger partial charge >= 0.3 is 0 Å². The third-order valence-electron chi connectivity index (χ3n) is 6.51. The fraction of sp³-hybridized carbons (Fsp3) is 0.500. The van der Waals surface area contributed by atoms with Crippen LogP contribution in [-0.4, -0.2) is 115 Å². The first kappa shape index (κ1) is 26.7. The average molecular weight is 509 g/mol. The zero-order valence-electron chi connectivity index (χ0n) is 19.2. The second-order valence-corrected chi connectivity index (χ2v) is 8.94. The highest BCUT2D eigenvalue weighted by Crippen LogP contribution is 2.28. The summed E-state index contributed by atoms with van der Waals surface area (Å²) >= 11 is 0. The zero-order chi connectivity index (χ0) is 26.0. The van der Waals surface area contributed by atoms with Gasteiger partial charge in [0.25, 0.3) is 0 Å². The second-order valence-electron chi connectivity index (χ2n) is 8.94. The summed E-state index contributed by atoms with van der Waals surface area (Å²) in [7, 11) is 0. The molecule has 0 amide bonds. The lowest BCUT2D eigenvalue weighted by molar-refractivity contribution is -0.221. The van der Waals surface area contributed by atoms with Crippen molar-refractivity contribution < 1.29 is 50.3 Å². The van der Waals surface area contributed by atoms with Gasteiger partial charge in [-0.1, -0.05) is 24.3 Å². The van der Waals surface area contributed by atoms with Gasteiger partial charge in [0.15, 0.2) is 12.5 Å². The van der Waals surface area contributed by atoms with Gasteiger partial charge in [0.2, 0.25) is 0 Å². The summed E-state index contributed by atoms with van der Waals surface area (Å²) in [6.07, 6.45) is -12.7. The Bertz CT molecular complexity index is 894. The number of ether oxygens (including phenoxy) is 2. The molecule has 4 rings (SSSR count). The van der Waals surface area contributed by atoms with Crippen molar-refractivity contribution in [2.45, 2.75) is 61.3 Å². The molecule has 0 saturated carbocycles. The van der Waals surface area contributed by atoms with E-state index < -0.39 is 74.5 Å². The molecule has 2 saturated heterocycles. The molecule has 36 heavy (non-hydrogen) atoms. The topological polar surface area (TPSA) is 204 Å². The van der Waals surface area contributed by atoms with E-state index in [0.29, 0.717) is 11.4 Å². The fourth-order valence-corrected chi connectivity index (χ4v) is 4.29. The van der Waals surface area contributed by atoms with Crippen LogP contribution in [0.1, 0.15) is 0 Å². The van der Waals surface area contributed by atoms with Crippen LogP contribution >= 0.6 is 0 Å². The van der Waals surface area contributed by atoms with E-state index in [1.807, 2.05) is 24.3 Å². The third kappa shape index (κ3) is 5.48. The number of aliphatic hydroxyl groups excluding tert-OH is 8. The van der Waals surface area contributed by atoms with Crippen LogP contribution in [0.2, 0.25) is 0 Å². The Morgan fingerprint density at radius 1 is 0.500 bits per heavy atom. The minimum absolute atomic E-state index is 0.511. The van der Waals surface area contributed by atoms with E-state index in [1.54, 1.807) is 24.3 Å². The van der Waals surface area contributed by atoms with Gasteiger partial charge in [-0.15, -0.1) is 0 Å². The normalized spacial score (nSPS) is 36.9. The number of hydrogen-bond donors (Lipinski definition) is 10. The first-order valence-corrected chi connectivity index (χ1v) is 11.6. The molecule has 12 nitrogen and oxygen atoms in total. The van der Waals surface area contributed by atoms with Crippen LogP contribution < -0.4 is 10.6 Å². The number of nitrogens with one attached hydrogen (secondary N) is 2. The van der Waals surface area contributed by atoms with Crippen LogP contribution in [0.3, 0.4) is 0 Å². The molecule has 2 aliphatic rings. The maximum atomic E-state index is 10.2. The quantitative estimate of drug-likeness (QED) is 0.193. The Morgan fingerprint density at radius 3 is 1.14 bits per heavy atom. The first-order chi connectivity index (χ1) is 17.2. The average Bonchev–Trinajstić information content (AvgIpc) is 2.90. The largest absolute Gasteiger partial charge is 0.394 e. The summed E-state index contributed by atoms with van der Waals surface area (Å²) in [5, 5.41) is 84.6. The van der Waals surface area contributed by atoms with Crippen LogP contribution in [0.4, 0.5) is 11.4 Å². The van der Waals surface area contributed by atoms with E-state index in [-0.39, 0.29) is 0 Å². The molecule has 2 aliphatic heterocycles. The van der Waals surface area contributed by atoms with Crippen molar-refractivity contribution in [1.29, 1.82) is 0 Å². The monoisotopic (exact) mass is 508 g/mol. The smallest absolute Gasteiger partial charge is 0.157 e. The molecule has 0 aliphatic carbocycles. The SMILES string of the molecule is OC[C@H]1O[C@H](Nc2ccc(-c3ccc(N[C@H]4O[C@H](CO)[C@@H](O)[C@H](O)[C@@H]4O)cc3)cc2)[C@@H](O)[C@@H](O)[C@@H]1O. The van der Waals surface area contributed by atoms with Gasteiger partial charge in [0.05, 0.1) is 13.2 Å². The lowest BCUT2D eigenvalue weighted by atomic mass is 9.98. The lowest BCUT2D eigenvalue weighted by Gasteiger charge is -2.40. The number of rotatable bonds is 7. The highest BCUT2D eigenvalue weighted by atomic mass is 16.6. The number of hydrogen-bond acceptors (Lipinski definition) is 12. The van der Waals surface area contributed by atoms with Gasteiger partial charge < -0.3 is 61.0 Å². The summed E-state index contributed by atoms with van der Waals surface area (Å²) < 4.78 is 10.9. The van der Waals surface area contributed by atoms with Gasteiger partial charge in [-0.25, -0.2) is 0 Å². The molecule has 198 valence electrons. The summed E-state index contributed by atoms with van der Waals surface area (Å²) in [4.78, 5) is 0.